The molecule has 1 aliphatic rings. The molecule has 1 N–H and O–H groups in total. The zero-order valence-corrected chi connectivity index (χ0v) is 14.1. The largest absolute Gasteiger partial charge is 0.417 e. The first-order valence-corrected chi connectivity index (χ1v) is 8.09. The van der Waals surface area contributed by atoms with Gasteiger partial charge in [0, 0.05) is 18.6 Å². The number of alkyl halides is 3. The van der Waals surface area contributed by atoms with E-state index in [1.807, 2.05) is 6.07 Å². The molecular formula is C17H14ClF3N4O. The van der Waals surface area contributed by atoms with Gasteiger partial charge in [-0.25, -0.2) is 4.98 Å². The Morgan fingerprint density at radius 3 is 2.81 bits per heavy atom. The van der Waals surface area contributed by atoms with Gasteiger partial charge in [-0.1, -0.05) is 23.7 Å². The van der Waals surface area contributed by atoms with Gasteiger partial charge in [-0.15, -0.1) is 0 Å². The number of rotatable bonds is 4. The first-order chi connectivity index (χ1) is 12.4. The Morgan fingerprint density at radius 1 is 1.35 bits per heavy atom. The summed E-state index contributed by atoms with van der Waals surface area (Å²) in [5.74, 6) is -0.190. The summed E-state index contributed by atoms with van der Waals surface area (Å²) >= 11 is 5.98. The average Bonchev–Trinajstić information content (AvgIpc) is 3.09. The second-order valence-electron chi connectivity index (χ2n) is 5.61. The molecule has 1 atom stereocenters. The number of halogens is 4. The normalized spacial score (nSPS) is 16.8. The molecule has 136 valence electrons. The number of anilines is 1. The molecule has 26 heavy (non-hydrogen) atoms. The fourth-order valence-electron chi connectivity index (χ4n) is 2.55. The summed E-state index contributed by atoms with van der Waals surface area (Å²) in [7, 11) is 0. The van der Waals surface area contributed by atoms with Gasteiger partial charge in [-0.2, -0.15) is 13.2 Å². The van der Waals surface area contributed by atoms with Crippen LogP contribution >= 0.6 is 11.6 Å². The van der Waals surface area contributed by atoms with Crippen molar-refractivity contribution in [2.75, 3.05) is 4.90 Å². The standard InChI is InChI=1S/C17H14ClF3N4O/c18-13-8-11(17(19,20)21)9-23-15(13)25-7-3-5-14(25)16(26)24-10-12-4-1-2-6-22-12/h1-4,6-9,14H,5,10H2,(H,24,26). The van der Waals surface area contributed by atoms with Crippen LogP contribution in [0.25, 0.3) is 0 Å². The summed E-state index contributed by atoms with van der Waals surface area (Å²) in [5, 5.41) is 2.59. The second-order valence-corrected chi connectivity index (χ2v) is 6.02. The van der Waals surface area contributed by atoms with Gasteiger partial charge in [0.15, 0.2) is 5.82 Å². The highest BCUT2D eigenvalue weighted by Gasteiger charge is 2.34. The highest BCUT2D eigenvalue weighted by Crippen LogP contribution is 2.35. The van der Waals surface area contributed by atoms with E-state index < -0.39 is 17.8 Å². The van der Waals surface area contributed by atoms with E-state index in [9.17, 15) is 18.0 Å². The molecule has 1 unspecified atom stereocenters. The van der Waals surface area contributed by atoms with Crippen LogP contribution in [0, 0.1) is 0 Å². The molecule has 0 fully saturated rings. The van der Waals surface area contributed by atoms with Gasteiger partial charge in [0.2, 0.25) is 5.91 Å². The maximum atomic E-state index is 12.7. The third-order valence-electron chi connectivity index (χ3n) is 3.83. The lowest BCUT2D eigenvalue weighted by Crippen LogP contribution is -2.42. The number of hydrogen-bond donors (Lipinski definition) is 1. The van der Waals surface area contributed by atoms with Crippen molar-refractivity contribution < 1.29 is 18.0 Å². The van der Waals surface area contributed by atoms with Crippen LogP contribution in [0.4, 0.5) is 19.0 Å². The van der Waals surface area contributed by atoms with Crippen molar-refractivity contribution in [1.82, 2.24) is 15.3 Å². The van der Waals surface area contributed by atoms with E-state index in [4.69, 9.17) is 11.6 Å². The Morgan fingerprint density at radius 2 is 2.15 bits per heavy atom. The van der Waals surface area contributed by atoms with E-state index in [1.165, 1.54) is 4.90 Å². The highest BCUT2D eigenvalue weighted by atomic mass is 35.5. The number of hydrogen-bond acceptors (Lipinski definition) is 4. The minimum atomic E-state index is -4.53. The quantitative estimate of drug-likeness (QED) is 0.878. The topological polar surface area (TPSA) is 58.1 Å². The smallest absolute Gasteiger partial charge is 0.349 e. The number of pyridine rings is 2. The lowest BCUT2D eigenvalue weighted by molar-refractivity contribution is -0.137. The molecule has 1 aliphatic heterocycles. The van der Waals surface area contributed by atoms with Gasteiger partial charge in [0.25, 0.3) is 0 Å². The number of nitrogens with one attached hydrogen (secondary N) is 1. The minimum Gasteiger partial charge on any atom is -0.349 e. The van der Waals surface area contributed by atoms with Gasteiger partial charge in [-0.3, -0.25) is 9.78 Å². The van der Waals surface area contributed by atoms with E-state index in [1.54, 1.807) is 30.6 Å². The zero-order chi connectivity index (χ0) is 18.7. The van der Waals surface area contributed by atoms with Crippen molar-refractivity contribution in [2.24, 2.45) is 0 Å². The SMILES string of the molecule is O=C(NCc1ccccn1)C1CC=CN1c1ncc(C(F)(F)F)cc1Cl. The predicted molar refractivity (Wildman–Crippen MR) is 90.4 cm³/mol. The molecule has 0 aromatic carbocycles. The summed E-state index contributed by atoms with van der Waals surface area (Å²) in [6.45, 7) is 0.248. The number of carbonyl (C=O) groups excluding carboxylic acids is 1. The second kappa shape index (κ2) is 7.33. The fraction of sp³-hybridized carbons (Fsp3) is 0.235. The van der Waals surface area contributed by atoms with Gasteiger partial charge >= 0.3 is 6.18 Å². The summed E-state index contributed by atoms with van der Waals surface area (Å²) in [6.07, 6.45) is 1.52. The minimum absolute atomic E-state index is 0.103. The van der Waals surface area contributed by atoms with E-state index >= 15 is 0 Å². The van der Waals surface area contributed by atoms with Crippen LogP contribution in [-0.4, -0.2) is 21.9 Å². The van der Waals surface area contributed by atoms with E-state index in [-0.39, 0.29) is 23.3 Å². The van der Waals surface area contributed by atoms with E-state index in [2.05, 4.69) is 15.3 Å². The predicted octanol–water partition coefficient (Wildman–Crippen LogP) is 3.56. The van der Waals surface area contributed by atoms with Gasteiger partial charge in [0.1, 0.15) is 6.04 Å². The van der Waals surface area contributed by atoms with Crippen LogP contribution < -0.4 is 10.2 Å². The maximum absolute atomic E-state index is 12.7. The number of aromatic nitrogens is 2. The van der Waals surface area contributed by atoms with Crippen LogP contribution in [0.5, 0.6) is 0 Å². The molecule has 3 rings (SSSR count). The van der Waals surface area contributed by atoms with Crippen LogP contribution in [0.3, 0.4) is 0 Å². The Hall–Kier alpha value is -2.61. The van der Waals surface area contributed by atoms with Crippen molar-refractivity contribution in [2.45, 2.75) is 25.2 Å². The molecule has 0 aliphatic carbocycles. The van der Waals surface area contributed by atoms with Crippen LogP contribution in [0.2, 0.25) is 5.02 Å². The van der Waals surface area contributed by atoms with Crippen molar-refractivity contribution in [3.05, 3.63) is 65.2 Å². The molecule has 1 amide bonds. The average molecular weight is 383 g/mol. The molecule has 0 saturated carbocycles. The molecule has 0 radical (unpaired) electrons. The van der Waals surface area contributed by atoms with Gasteiger partial charge in [-0.05, 0) is 24.6 Å². The molecule has 3 heterocycles. The molecule has 0 bridgehead atoms. The van der Waals surface area contributed by atoms with E-state index in [0.717, 1.165) is 6.07 Å². The number of nitrogens with zero attached hydrogens (tertiary/aromatic N) is 3. The summed E-state index contributed by atoms with van der Waals surface area (Å²) in [4.78, 5) is 21.9. The molecule has 0 spiro atoms. The fourth-order valence-corrected chi connectivity index (χ4v) is 2.81. The molecule has 5 nitrogen and oxygen atoms in total. The molecule has 2 aromatic rings. The Labute approximate surface area is 152 Å². The highest BCUT2D eigenvalue weighted by molar-refractivity contribution is 6.33. The Kier molecular flexibility index (Phi) is 5.13. The third kappa shape index (κ3) is 3.96. The van der Waals surface area contributed by atoms with Crippen LogP contribution in [-0.2, 0) is 17.5 Å². The Balaban J connectivity index is 1.73. The number of amides is 1. The van der Waals surface area contributed by atoms with E-state index in [0.29, 0.717) is 18.3 Å². The van der Waals surface area contributed by atoms with Crippen molar-refractivity contribution in [3.8, 4) is 0 Å². The number of carbonyl (C=O) groups is 1. The van der Waals surface area contributed by atoms with Crippen molar-refractivity contribution >= 4 is 23.3 Å². The summed E-state index contributed by atoms with van der Waals surface area (Å²) in [5.41, 5.74) is -0.241. The van der Waals surface area contributed by atoms with Crippen molar-refractivity contribution in [1.29, 1.82) is 0 Å². The first-order valence-electron chi connectivity index (χ1n) is 7.71. The monoisotopic (exact) mass is 382 g/mol. The first kappa shape index (κ1) is 18.2. The van der Waals surface area contributed by atoms with Crippen LogP contribution in [0.15, 0.2) is 48.9 Å². The maximum Gasteiger partial charge on any atom is 0.417 e. The molecule has 9 heteroatoms. The van der Waals surface area contributed by atoms with Gasteiger partial charge < -0.3 is 10.2 Å². The summed E-state index contributed by atoms with van der Waals surface area (Å²) < 4.78 is 38.2. The Bertz CT molecular complexity index is 827. The lowest BCUT2D eigenvalue weighted by atomic mass is 10.2. The lowest BCUT2D eigenvalue weighted by Gasteiger charge is -2.25. The van der Waals surface area contributed by atoms with Crippen LogP contribution in [0.1, 0.15) is 17.7 Å². The molecule has 2 aromatic heterocycles. The molecular weight excluding hydrogens is 369 g/mol. The molecule has 0 saturated heterocycles. The van der Waals surface area contributed by atoms with Crippen molar-refractivity contribution in [3.63, 3.8) is 0 Å². The van der Waals surface area contributed by atoms with Gasteiger partial charge in [0.05, 0.1) is 22.8 Å². The third-order valence-corrected chi connectivity index (χ3v) is 4.11. The zero-order valence-electron chi connectivity index (χ0n) is 13.4. The summed E-state index contributed by atoms with van der Waals surface area (Å²) in [6, 6.07) is 5.52.